The maximum absolute atomic E-state index is 12.4. The van der Waals surface area contributed by atoms with Crippen molar-refractivity contribution in [1.82, 2.24) is 4.98 Å². The number of aromatic nitrogens is 1. The first-order chi connectivity index (χ1) is 10.2. The van der Waals surface area contributed by atoms with Crippen molar-refractivity contribution >= 4 is 29.0 Å². The lowest BCUT2D eigenvalue weighted by Crippen LogP contribution is -2.15. The number of benzene rings is 1. The van der Waals surface area contributed by atoms with Gasteiger partial charge in [0.2, 0.25) is 0 Å². The molecule has 0 fully saturated rings. The van der Waals surface area contributed by atoms with Crippen molar-refractivity contribution in [3.8, 4) is 0 Å². The molecule has 0 radical (unpaired) electrons. The van der Waals surface area contributed by atoms with Gasteiger partial charge in [-0.05, 0) is 36.9 Å². The van der Waals surface area contributed by atoms with Crippen molar-refractivity contribution in [2.75, 3.05) is 23.4 Å². The zero-order valence-electron chi connectivity index (χ0n) is 12.2. The highest BCUT2D eigenvalue weighted by Gasteiger charge is 2.11. The predicted molar refractivity (Wildman–Crippen MR) is 89.2 cm³/mol. The molecule has 1 aromatic carbocycles. The summed E-state index contributed by atoms with van der Waals surface area (Å²) in [4.78, 5) is 17.6. The minimum Gasteiger partial charge on any atom is -0.383 e. The van der Waals surface area contributed by atoms with Gasteiger partial charge in [-0.1, -0.05) is 13.0 Å². The fourth-order valence-electron chi connectivity index (χ4n) is 1.89. The number of thioether (sulfide) groups is 1. The standard InChI is InChI=1S/C16H19N3OS/c1-3-8-18-15-11-17-9-7-14(15)16(20)19-12-5-4-6-13(10-12)21-2/h4-7,9-11,18H,3,8H2,1-2H3,(H,19,20). The van der Waals surface area contributed by atoms with Crippen molar-refractivity contribution in [3.05, 3.63) is 48.3 Å². The molecule has 0 saturated heterocycles. The first kappa shape index (κ1) is 15.4. The van der Waals surface area contributed by atoms with Crippen LogP contribution in [-0.2, 0) is 0 Å². The number of hydrogen-bond donors (Lipinski definition) is 2. The third-order valence-electron chi connectivity index (χ3n) is 2.96. The summed E-state index contributed by atoms with van der Waals surface area (Å²) in [5.41, 5.74) is 2.16. The molecule has 1 aromatic heterocycles. The zero-order valence-corrected chi connectivity index (χ0v) is 13.0. The first-order valence-electron chi connectivity index (χ1n) is 6.88. The van der Waals surface area contributed by atoms with Crippen LogP contribution in [0.3, 0.4) is 0 Å². The van der Waals surface area contributed by atoms with Crippen molar-refractivity contribution in [1.29, 1.82) is 0 Å². The van der Waals surface area contributed by atoms with E-state index < -0.39 is 0 Å². The molecule has 0 aliphatic heterocycles. The molecule has 0 aliphatic carbocycles. The Hall–Kier alpha value is -2.01. The van der Waals surface area contributed by atoms with Crippen molar-refractivity contribution in [2.24, 2.45) is 0 Å². The van der Waals surface area contributed by atoms with E-state index in [1.807, 2.05) is 30.5 Å². The molecule has 0 saturated carbocycles. The van der Waals surface area contributed by atoms with E-state index in [1.165, 1.54) is 0 Å². The normalized spacial score (nSPS) is 10.2. The molecule has 1 amide bonds. The zero-order chi connectivity index (χ0) is 15.1. The molecule has 1 heterocycles. The Balaban J connectivity index is 2.16. The van der Waals surface area contributed by atoms with Gasteiger partial charge in [-0.2, -0.15) is 0 Å². The van der Waals surface area contributed by atoms with E-state index in [9.17, 15) is 4.79 Å². The lowest BCUT2D eigenvalue weighted by atomic mass is 10.2. The molecule has 2 aromatic rings. The number of anilines is 2. The van der Waals surface area contributed by atoms with Crippen LogP contribution in [0, 0.1) is 0 Å². The molecule has 0 unspecified atom stereocenters. The van der Waals surface area contributed by atoms with Crippen LogP contribution in [0.15, 0.2) is 47.6 Å². The van der Waals surface area contributed by atoms with Gasteiger partial charge in [-0.15, -0.1) is 11.8 Å². The Morgan fingerprint density at radius 3 is 2.95 bits per heavy atom. The number of nitrogens with one attached hydrogen (secondary N) is 2. The minimum absolute atomic E-state index is 0.130. The Morgan fingerprint density at radius 1 is 1.33 bits per heavy atom. The molecule has 2 rings (SSSR count). The average molecular weight is 301 g/mol. The number of rotatable bonds is 6. The summed E-state index contributed by atoms with van der Waals surface area (Å²) < 4.78 is 0. The van der Waals surface area contributed by atoms with Crippen LogP contribution in [0.25, 0.3) is 0 Å². The molecule has 21 heavy (non-hydrogen) atoms. The number of pyridine rings is 1. The molecule has 0 atom stereocenters. The van der Waals surface area contributed by atoms with Crippen molar-refractivity contribution < 1.29 is 4.79 Å². The predicted octanol–water partition coefficient (Wildman–Crippen LogP) is 3.88. The van der Waals surface area contributed by atoms with E-state index >= 15 is 0 Å². The van der Waals surface area contributed by atoms with Gasteiger partial charge in [0.15, 0.2) is 0 Å². The second-order valence-corrected chi connectivity index (χ2v) is 5.41. The lowest BCUT2D eigenvalue weighted by Gasteiger charge is -2.11. The van der Waals surface area contributed by atoms with E-state index in [2.05, 4.69) is 22.5 Å². The highest BCUT2D eigenvalue weighted by Crippen LogP contribution is 2.21. The summed E-state index contributed by atoms with van der Waals surface area (Å²) >= 11 is 1.65. The maximum Gasteiger partial charge on any atom is 0.257 e. The molecule has 0 aliphatic rings. The molecule has 110 valence electrons. The van der Waals surface area contributed by atoms with Gasteiger partial charge in [0.25, 0.3) is 5.91 Å². The van der Waals surface area contributed by atoms with Crippen LogP contribution in [0.2, 0.25) is 0 Å². The highest BCUT2D eigenvalue weighted by molar-refractivity contribution is 7.98. The van der Waals surface area contributed by atoms with Gasteiger partial charge >= 0.3 is 0 Å². The third-order valence-corrected chi connectivity index (χ3v) is 3.68. The molecule has 0 spiro atoms. The van der Waals surface area contributed by atoms with Crippen LogP contribution < -0.4 is 10.6 Å². The molecule has 4 nitrogen and oxygen atoms in total. The highest BCUT2D eigenvalue weighted by atomic mass is 32.2. The molecular formula is C16H19N3OS. The third kappa shape index (κ3) is 4.23. The van der Waals surface area contributed by atoms with E-state index in [0.717, 1.165) is 29.2 Å². The number of hydrogen-bond acceptors (Lipinski definition) is 4. The van der Waals surface area contributed by atoms with Crippen LogP contribution in [0.5, 0.6) is 0 Å². The Morgan fingerprint density at radius 2 is 2.19 bits per heavy atom. The Bertz CT molecular complexity index is 616. The van der Waals surface area contributed by atoms with E-state index in [-0.39, 0.29) is 5.91 Å². The number of nitrogens with zero attached hydrogens (tertiary/aromatic N) is 1. The molecule has 5 heteroatoms. The number of amides is 1. The van der Waals surface area contributed by atoms with Crippen LogP contribution in [-0.4, -0.2) is 23.7 Å². The minimum atomic E-state index is -0.130. The fraction of sp³-hybridized carbons (Fsp3) is 0.250. The average Bonchev–Trinajstić information content (AvgIpc) is 2.53. The molecule has 0 bridgehead atoms. The summed E-state index contributed by atoms with van der Waals surface area (Å²) in [6.07, 6.45) is 6.32. The maximum atomic E-state index is 12.4. The quantitative estimate of drug-likeness (QED) is 0.795. The van der Waals surface area contributed by atoms with E-state index in [0.29, 0.717) is 5.56 Å². The largest absolute Gasteiger partial charge is 0.383 e. The van der Waals surface area contributed by atoms with Gasteiger partial charge in [-0.25, -0.2) is 0 Å². The Labute approximate surface area is 129 Å². The fourth-order valence-corrected chi connectivity index (χ4v) is 2.35. The first-order valence-corrected chi connectivity index (χ1v) is 8.10. The summed E-state index contributed by atoms with van der Waals surface area (Å²) in [6.45, 7) is 2.89. The number of carbonyl (C=O) groups is 1. The van der Waals surface area contributed by atoms with Crippen LogP contribution in [0.1, 0.15) is 23.7 Å². The SMILES string of the molecule is CCCNc1cnccc1C(=O)Nc1cccc(SC)c1. The topological polar surface area (TPSA) is 54.0 Å². The second-order valence-electron chi connectivity index (χ2n) is 4.53. The van der Waals surface area contributed by atoms with Gasteiger partial charge in [0.05, 0.1) is 17.4 Å². The summed E-state index contributed by atoms with van der Waals surface area (Å²) in [6, 6.07) is 9.53. The summed E-state index contributed by atoms with van der Waals surface area (Å²) in [7, 11) is 0. The van der Waals surface area contributed by atoms with Gasteiger partial charge < -0.3 is 10.6 Å². The van der Waals surface area contributed by atoms with Crippen molar-refractivity contribution in [2.45, 2.75) is 18.2 Å². The van der Waals surface area contributed by atoms with E-state index in [4.69, 9.17) is 0 Å². The van der Waals surface area contributed by atoms with Crippen molar-refractivity contribution in [3.63, 3.8) is 0 Å². The summed E-state index contributed by atoms with van der Waals surface area (Å²) in [5.74, 6) is -0.130. The van der Waals surface area contributed by atoms with E-state index in [1.54, 1.807) is 30.2 Å². The van der Waals surface area contributed by atoms with Gasteiger partial charge in [0.1, 0.15) is 0 Å². The van der Waals surface area contributed by atoms with Gasteiger partial charge in [-0.3, -0.25) is 9.78 Å². The van der Waals surface area contributed by atoms with Gasteiger partial charge in [0, 0.05) is 23.3 Å². The molecular weight excluding hydrogens is 282 g/mol. The van der Waals surface area contributed by atoms with Crippen LogP contribution in [0.4, 0.5) is 11.4 Å². The monoisotopic (exact) mass is 301 g/mol. The summed E-state index contributed by atoms with van der Waals surface area (Å²) in [5, 5.41) is 6.15. The Kier molecular flexibility index (Phi) is 5.63. The number of carbonyl (C=O) groups excluding carboxylic acids is 1. The lowest BCUT2D eigenvalue weighted by molar-refractivity contribution is 0.102. The smallest absolute Gasteiger partial charge is 0.257 e. The molecule has 2 N–H and O–H groups in total. The second kappa shape index (κ2) is 7.69. The van der Waals surface area contributed by atoms with Crippen LogP contribution >= 0.6 is 11.8 Å².